The monoisotopic (exact) mass is 387 g/mol. The summed E-state index contributed by atoms with van der Waals surface area (Å²) in [6.45, 7) is 7.86. The molecule has 1 amide bonds. The van der Waals surface area contributed by atoms with Gasteiger partial charge in [-0.2, -0.15) is 4.98 Å². The van der Waals surface area contributed by atoms with E-state index in [2.05, 4.69) is 20.4 Å². The first-order valence-corrected chi connectivity index (χ1v) is 9.04. The van der Waals surface area contributed by atoms with Crippen molar-refractivity contribution in [2.75, 3.05) is 12.4 Å². The summed E-state index contributed by atoms with van der Waals surface area (Å²) in [6.07, 6.45) is 0.160. The molecule has 0 unspecified atom stereocenters. The third-order valence-electron chi connectivity index (χ3n) is 4.35. The van der Waals surface area contributed by atoms with Gasteiger partial charge < -0.3 is 10.1 Å². The number of fused-ring (bicyclic) bond motifs is 1. The minimum Gasteiger partial charge on any atom is -0.495 e. The SMILES string of the molecule is COc1ccc(Cl)cc1NC(=O)Cc1c(C)nc2nc(C(C)C)nn2c1C. The van der Waals surface area contributed by atoms with Crippen LogP contribution in [0.25, 0.3) is 5.78 Å². The van der Waals surface area contributed by atoms with Gasteiger partial charge in [0.15, 0.2) is 5.82 Å². The predicted octanol–water partition coefficient (Wildman–Crippen LogP) is 3.71. The van der Waals surface area contributed by atoms with Gasteiger partial charge in [0.05, 0.1) is 19.2 Å². The fraction of sp³-hybridized carbons (Fsp3) is 0.368. The molecule has 0 aliphatic carbocycles. The van der Waals surface area contributed by atoms with Gasteiger partial charge in [-0.1, -0.05) is 25.4 Å². The van der Waals surface area contributed by atoms with Crippen LogP contribution in [0, 0.1) is 13.8 Å². The summed E-state index contributed by atoms with van der Waals surface area (Å²) in [7, 11) is 1.54. The zero-order chi connectivity index (χ0) is 19.7. The maximum atomic E-state index is 12.6. The van der Waals surface area contributed by atoms with Crippen LogP contribution in [-0.4, -0.2) is 32.6 Å². The Morgan fingerprint density at radius 3 is 2.70 bits per heavy atom. The fourth-order valence-corrected chi connectivity index (χ4v) is 3.03. The Bertz CT molecular complexity index is 1010. The minimum absolute atomic E-state index is 0.160. The number of aromatic nitrogens is 4. The highest BCUT2D eigenvalue weighted by Gasteiger charge is 2.18. The van der Waals surface area contributed by atoms with Gasteiger partial charge in [-0.05, 0) is 32.0 Å². The molecule has 0 aliphatic heterocycles. The highest BCUT2D eigenvalue weighted by molar-refractivity contribution is 6.31. The van der Waals surface area contributed by atoms with Crippen molar-refractivity contribution in [3.8, 4) is 5.75 Å². The number of rotatable bonds is 5. The number of carbonyl (C=O) groups excluding carboxylic acids is 1. The molecule has 2 heterocycles. The van der Waals surface area contributed by atoms with Gasteiger partial charge in [0.2, 0.25) is 5.91 Å². The molecule has 0 aliphatic rings. The molecule has 0 atom stereocenters. The van der Waals surface area contributed by atoms with Gasteiger partial charge in [-0.15, -0.1) is 5.10 Å². The van der Waals surface area contributed by atoms with Gasteiger partial charge in [0.1, 0.15) is 5.75 Å². The second-order valence-electron chi connectivity index (χ2n) is 6.67. The van der Waals surface area contributed by atoms with Crippen LogP contribution in [0.3, 0.4) is 0 Å². The second kappa shape index (κ2) is 7.52. The van der Waals surface area contributed by atoms with Crippen molar-refractivity contribution in [1.82, 2.24) is 19.6 Å². The summed E-state index contributed by atoms with van der Waals surface area (Å²) < 4.78 is 6.97. The van der Waals surface area contributed by atoms with Crippen LogP contribution in [0.1, 0.15) is 42.5 Å². The minimum atomic E-state index is -0.188. The summed E-state index contributed by atoms with van der Waals surface area (Å²) in [6, 6.07) is 5.08. The Kier molecular flexibility index (Phi) is 5.32. The Morgan fingerprint density at radius 1 is 1.30 bits per heavy atom. The van der Waals surface area contributed by atoms with Crippen molar-refractivity contribution in [1.29, 1.82) is 0 Å². The lowest BCUT2D eigenvalue weighted by Crippen LogP contribution is -2.18. The first kappa shape index (κ1) is 19.1. The van der Waals surface area contributed by atoms with E-state index < -0.39 is 0 Å². The standard InChI is InChI=1S/C19H22ClN5O2/c1-10(2)18-23-19-21-11(3)14(12(4)25(19)24-18)9-17(26)22-15-8-13(20)6-7-16(15)27-5/h6-8,10H,9H2,1-5H3,(H,22,26). The van der Waals surface area contributed by atoms with Crippen LogP contribution in [0.4, 0.5) is 5.69 Å². The average molecular weight is 388 g/mol. The van der Waals surface area contributed by atoms with Gasteiger partial charge >= 0.3 is 0 Å². The first-order chi connectivity index (χ1) is 12.8. The van der Waals surface area contributed by atoms with Crippen molar-refractivity contribution >= 4 is 29.0 Å². The number of aryl methyl sites for hydroxylation is 2. The van der Waals surface area contributed by atoms with E-state index in [1.54, 1.807) is 29.8 Å². The van der Waals surface area contributed by atoms with Gasteiger partial charge in [0.25, 0.3) is 5.78 Å². The molecule has 0 saturated heterocycles. The highest BCUT2D eigenvalue weighted by atomic mass is 35.5. The summed E-state index contributed by atoms with van der Waals surface area (Å²) in [5, 5.41) is 7.89. The van der Waals surface area contributed by atoms with E-state index in [0.29, 0.717) is 22.2 Å². The molecule has 0 fully saturated rings. The van der Waals surface area contributed by atoms with Crippen LogP contribution in [-0.2, 0) is 11.2 Å². The van der Waals surface area contributed by atoms with Gasteiger partial charge in [-0.25, -0.2) is 9.50 Å². The van der Waals surface area contributed by atoms with Crippen molar-refractivity contribution in [2.45, 2.75) is 40.0 Å². The van der Waals surface area contributed by atoms with E-state index in [9.17, 15) is 4.79 Å². The van der Waals surface area contributed by atoms with Crippen molar-refractivity contribution in [3.63, 3.8) is 0 Å². The molecule has 1 aromatic carbocycles. The Balaban J connectivity index is 1.90. The number of hydrogen-bond donors (Lipinski definition) is 1. The lowest BCUT2D eigenvalue weighted by Gasteiger charge is -2.13. The number of methoxy groups -OCH3 is 1. The third kappa shape index (κ3) is 3.88. The molecule has 3 rings (SSSR count). The van der Waals surface area contributed by atoms with E-state index in [0.717, 1.165) is 22.8 Å². The molecule has 8 heteroatoms. The number of halogens is 1. The van der Waals surface area contributed by atoms with Crippen LogP contribution < -0.4 is 10.1 Å². The molecule has 0 spiro atoms. The molecule has 142 valence electrons. The maximum Gasteiger partial charge on any atom is 0.252 e. The molecule has 27 heavy (non-hydrogen) atoms. The Labute approximate surface area is 162 Å². The normalized spacial score (nSPS) is 11.2. The molecule has 0 bridgehead atoms. The smallest absolute Gasteiger partial charge is 0.252 e. The summed E-state index contributed by atoms with van der Waals surface area (Å²) in [4.78, 5) is 21.6. The topological polar surface area (TPSA) is 81.4 Å². The number of benzene rings is 1. The molecule has 2 aromatic heterocycles. The fourth-order valence-electron chi connectivity index (χ4n) is 2.86. The first-order valence-electron chi connectivity index (χ1n) is 8.66. The summed E-state index contributed by atoms with van der Waals surface area (Å²) in [5.74, 6) is 1.85. The van der Waals surface area contributed by atoms with Crippen LogP contribution >= 0.6 is 11.6 Å². The number of nitrogens with one attached hydrogen (secondary N) is 1. The van der Waals surface area contributed by atoms with Crippen molar-refractivity contribution < 1.29 is 9.53 Å². The molecule has 0 saturated carbocycles. The number of carbonyl (C=O) groups is 1. The molecule has 0 radical (unpaired) electrons. The van der Waals surface area contributed by atoms with Crippen molar-refractivity contribution in [2.24, 2.45) is 0 Å². The molecular formula is C19H22ClN5O2. The van der Waals surface area contributed by atoms with E-state index in [-0.39, 0.29) is 18.2 Å². The van der Waals surface area contributed by atoms with Crippen LogP contribution in [0.15, 0.2) is 18.2 Å². The Morgan fingerprint density at radius 2 is 2.04 bits per heavy atom. The lowest BCUT2D eigenvalue weighted by molar-refractivity contribution is -0.115. The number of hydrogen-bond acceptors (Lipinski definition) is 5. The quantitative estimate of drug-likeness (QED) is 0.721. The zero-order valence-electron chi connectivity index (χ0n) is 16.0. The predicted molar refractivity (Wildman–Crippen MR) is 105 cm³/mol. The van der Waals surface area contributed by atoms with Crippen molar-refractivity contribution in [3.05, 3.63) is 46.0 Å². The number of anilines is 1. The van der Waals surface area contributed by atoms with E-state index in [1.165, 1.54) is 0 Å². The maximum absolute atomic E-state index is 12.6. The van der Waals surface area contributed by atoms with Gasteiger partial charge in [0, 0.05) is 27.9 Å². The Hall–Kier alpha value is -2.67. The van der Waals surface area contributed by atoms with E-state index >= 15 is 0 Å². The number of nitrogens with zero attached hydrogens (tertiary/aromatic N) is 4. The average Bonchev–Trinajstić information content (AvgIpc) is 3.03. The molecule has 1 N–H and O–H groups in total. The highest BCUT2D eigenvalue weighted by Crippen LogP contribution is 2.28. The summed E-state index contributed by atoms with van der Waals surface area (Å²) >= 11 is 6.03. The lowest BCUT2D eigenvalue weighted by atomic mass is 10.1. The van der Waals surface area contributed by atoms with Crippen LogP contribution in [0.5, 0.6) is 5.75 Å². The van der Waals surface area contributed by atoms with E-state index in [4.69, 9.17) is 16.3 Å². The second-order valence-corrected chi connectivity index (χ2v) is 7.10. The van der Waals surface area contributed by atoms with Crippen LogP contribution in [0.2, 0.25) is 5.02 Å². The number of amides is 1. The summed E-state index contributed by atoms with van der Waals surface area (Å²) in [5.41, 5.74) is 2.96. The zero-order valence-corrected chi connectivity index (χ0v) is 16.8. The van der Waals surface area contributed by atoms with E-state index in [1.807, 2.05) is 27.7 Å². The third-order valence-corrected chi connectivity index (χ3v) is 4.59. The van der Waals surface area contributed by atoms with Gasteiger partial charge in [-0.3, -0.25) is 4.79 Å². The molecule has 3 aromatic rings. The molecule has 7 nitrogen and oxygen atoms in total. The number of ether oxygens (including phenoxy) is 1. The molecular weight excluding hydrogens is 366 g/mol. The largest absolute Gasteiger partial charge is 0.495 e.